The van der Waals surface area contributed by atoms with E-state index in [1.165, 1.54) is 58.9 Å². The maximum absolute atomic E-state index is 12.1. The molecule has 0 aromatic heterocycles. The molecule has 2 aromatic carbocycles. The van der Waals surface area contributed by atoms with Crippen LogP contribution >= 0.6 is 0 Å². The molecule has 0 heterocycles. The number of carbonyl (C=O) groups excluding carboxylic acids is 4. The van der Waals surface area contributed by atoms with Gasteiger partial charge in [0.25, 0.3) is 0 Å². The second-order valence-electron chi connectivity index (χ2n) is 9.65. The molecule has 10 heteroatoms. The first-order chi connectivity index (χ1) is 18.2. The van der Waals surface area contributed by atoms with Crippen molar-refractivity contribution < 1.29 is 48.3 Å². The Kier molecular flexibility index (Phi) is 10.9. The fourth-order valence-corrected chi connectivity index (χ4v) is 3.10. The van der Waals surface area contributed by atoms with Crippen LogP contribution in [0.1, 0.15) is 55.3 Å². The lowest BCUT2D eigenvalue weighted by Gasteiger charge is -2.15. The Morgan fingerprint density at radius 1 is 0.667 bits per heavy atom. The second-order valence-corrected chi connectivity index (χ2v) is 9.65. The van der Waals surface area contributed by atoms with Gasteiger partial charge >= 0.3 is 11.9 Å². The third-order valence-corrected chi connectivity index (χ3v) is 5.18. The molecule has 0 amide bonds. The van der Waals surface area contributed by atoms with Crippen molar-refractivity contribution >= 4 is 23.5 Å². The van der Waals surface area contributed by atoms with Gasteiger partial charge in [0.1, 0.15) is 49.1 Å². The first-order valence-electron chi connectivity index (χ1n) is 12.2. The van der Waals surface area contributed by atoms with Crippen LogP contribution in [0.25, 0.3) is 0 Å². The number of carbonyl (C=O) groups is 4. The highest BCUT2D eigenvalue weighted by Gasteiger charge is 2.25. The summed E-state index contributed by atoms with van der Waals surface area (Å²) in [6.45, 7) is 7.00. The van der Waals surface area contributed by atoms with Gasteiger partial charge in [0.05, 0.1) is 0 Å². The molecule has 0 fully saturated rings. The summed E-state index contributed by atoms with van der Waals surface area (Å²) < 4.78 is 21.0. The number of aliphatic hydroxyl groups is 2. The summed E-state index contributed by atoms with van der Waals surface area (Å²) in [4.78, 5) is 48.1. The molecular formula is C29H34O10. The number of benzene rings is 2. The molecule has 2 N–H and O–H groups in total. The number of hydrogen-bond donors (Lipinski definition) is 2. The Balaban J connectivity index is 1.68. The molecule has 0 bridgehead atoms. The molecule has 210 valence electrons. The zero-order valence-corrected chi connectivity index (χ0v) is 22.7. The van der Waals surface area contributed by atoms with E-state index in [-0.39, 0.29) is 32.0 Å². The molecule has 0 saturated carbocycles. The molecule has 0 aliphatic rings. The molecule has 2 rings (SSSR count). The van der Waals surface area contributed by atoms with Gasteiger partial charge in [-0.2, -0.15) is 0 Å². The van der Waals surface area contributed by atoms with Gasteiger partial charge in [-0.05, 0) is 83.1 Å². The molecule has 0 spiro atoms. The Morgan fingerprint density at radius 2 is 1.05 bits per heavy atom. The zero-order chi connectivity index (χ0) is 29.2. The van der Waals surface area contributed by atoms with Crippen LogP contribution < -0.4 is 9.47 Å². The summed E-state index contributed by atoms with van der Waals surface area (Å²) in [5.74, 6) is -1.37. The SMILES string of the molecule is C/C(=C\C(=O)OCCOc1ccc(C(=O)C(C)(C)O)cc1)C(=O)OCCOc1ccc(C(=O)C(C)(C)O)cc1. The van der Waals surface area contributed by atoms with Gasteiger partial charge in [0.15, 0.2) is 11.6 Å². The van der Waals surface area contributed by atoms with Gasteiger partial charge in [-0.1, -0.05) is 0 Å². The average molecular weight is 543 g/mol. The lowest BCUT2D eigenvalue weighted by atomic mass is 9.97. The van der Waals surface area contributed by atoms with Gasteiger partial charge in [-0.15, -0.1) is 0 Å². The predicted octanol–water partition coefficient (Wildman–Crippen LogP) is 3.08. The maximum atomic E-state index is 12.1. The Labute approximate surface area is 227 Å². The van der Waals surface area contributed by atoms with Crippen molar-refractivity contribution in [2.45, 2.75) is 45.8 Å². The first kappa shape index (κ1) is 31.2. The lowest BCUT2D eigenvalue weighted by Crippen LogP contribution is -2.30. The fourth-order valence-electron chi connectivity index (χ4n) is 3.10. The highest BCUT2D eigenvalue weighted by molar-refractivity contribution is 6.02. The number of Topliss-reactive ketones (excluding diaryl/α,β-unsaturated/α-hetero) is 2. The van der Waals surface area contributed by atoms with Crippen LogP contribution in [0.5, 0.6) is 11.5 Å². The van der Waals surface area contributed by atoms with Crippen LogP contribution in [0, 0.1) is 0 Å². The Morgan fingerprint density at radius 3 is 1.44 bits per heavy atom. The normalized spacial score (nSPS) is 11.9. The number of rotatable bonds is 14. The van der Waals surface area contributed by atoms with Crippen molar-refractivity contribution in [3.05, 3.63) is 71.3 Å². The zero-order valence-electron chi connectivity index (χ0n) is 22.7. The van der Waals surface area contributed by atoms with Crippen LogP contribution in [-0.4, -0.2) is 71.3 Å². The van der Waals surface area contributed by atoms with E-state index in [4.69, 9.17) is 18.9 Å². The second kappa shape index (κ2) is 13.7. The molecule has 0 unspecified atom stereocenters. The van der Waals surface area contributed by atoms with E-state index in [0.29, 0.717) is 22.6 Å². The number of ketones is 2. The monoisotopic (exact) mass is 542 g/mol. The van der Waals surface area contributed by atoms with Gasteiger partial charge in [-0.3, -0.25) is 9.59 Å². The van der Waals surface area contributed by atoms with Crippen molar-refractivity contribution in [3.8, 4) is 11.5 Å². The predicted molar refractivity (Wildman–Crippen MR) is 141 cm³/mol. The van der Waals surface area contributed by atoms with Crippen LogP contribution in [0.4, 0.5) is 0 Å². The summed E-state index contributed by atoms with van der Waals surface area (Å²) in [6, 6.07) is 12.4. The number of esters is 2. The summed E-state index contributed by atoms with van der Waals surface area (Å²) in [5, 5.41) is 19.6. The molecule has 0 aliphatic carbocycles. The van der Waals surface area contributed by atoms with Gasteiger partial charge in [0, 0.05) is 22.8 Å². The maximum Gasteiger partial charge on any atom is 0.334 e. The summed E-state index contributed by atoms with van der Waals surface area (Å²) in [5.41, 5.74) is -2.22. The van der Waals surface area contributed by atoms with E-state index in [9.17, 15) is 29.4 Å². The third kappa shape index (κ3) is 10.3. The highest BCUT2D eigenvalue weighted by Crippen LogP contribution is 2.18. The fraction of sp³-hybridized carbons (Fsp3) is 0.379. The Bertz CT molecular complexity index is 1180. The molecule has 0 aliphatic heterocycles. The van der Waals surface area contributed by atoms with E-state index in [1.54, 1.807) is 24.3 Å². The van der Waals surface area contributed by atoms with Crippen molar-refractivity contribution in [2.24, 2.45) is 0 Å². The largest absolute Gasteiger partial charge is 0.490 e. The number of ether oxygens (including phenoxy) is 4. The van der Waals surface area contributed by atoms with Crippen LogP contribution in [0.2, 0.25) is 0 Å². The van der Waals surface area contributed by atoms with Crippen molar-refractivity contribution in [1.29, 1.82) is 0 Å². The summed E-state index contributed by atoms with van der Waals surface area (Å²) in [6.07, 6.45) is 1.01. The van der Waals surface area contributed by atoms with E-state index >= 15 is 0 Å². The van der Waals surface area contributed by atoms with Crippen molar-refractivity contribution in [3.63, 3.8) is 0 Å². The van der Waals surface area contributed by atoms with Gasteiger partial charge < -0.3 is 29.2 Å². The Hall–Kier alpha value is -4.02. The number of hydrogen-bond acceptors (Lipinski definition) is 10. The minimum absolute atomic E-state index is 0.0439. The minimum atomic E-state index is -1.47. The molecule has 0 saturated heterocycles. The molecule has 39 heavy (non-hydrogen) atoms. The molecule has 0 atom stereocenters. The molecule has 0 radical (unpaired) electrons. The lowest BCUT2D eigenvalue weighted by molar-refractivity contribution is -0.142. The molecular weight excluding hydrogens is 508 g/mol. The van der Waals surface area contributed by atoms with Crippen LogP contribution in [0.3, 0.4) is 0 Å². The van der Waals surface area contributed by atoms with E-state index in [2.05, 4.69) is 0 Å². The standard InChI is InChI=1S/C29H34O10/c1-19(27(33)39-17-15-37-23-12-8-21(9-13-23)26(32)29(4,5)35)18-24(30)38-16-14-36-22-10-6-20(7-11-22)25(31)28(2,3)34/h6-13,18,34-35H,14-17H2,1-5H3/b19-18+. The summed E-state index contributed by atoms with van der Waals surface area (Å²) in [7, 11) is 0. The average Bonchev–Trinajstić information content (AvgIpc) is 2.87. The third-order valence-electron chi connectivity index (χ3n) is 5.18. The highest BCUT2D eigenvalue weighted by atomic mass is 16.6. The summed E-state index contributed by atoms with van der Waals surface area (Å²) >= 11 is 0. The smallest absolute Gasteiger partial charge is 0.334 e. The van der Waals surface area contributed by atoms with Gasteiger partial charge in [0.2, 0.25) is 0 Å². The van der Waals surface area contributed by atoms with Crippen LogP contribution in [-0.2, 0) is 19.1 Å². The molecule has 10 nitrogen and oxygen atoms in total. The van der Waals surface area contributed by atoms with Crippen LogP contribution in [0.15, 0.2) is 60.2 Å². The van der Waals surface area contributed by atoms with E-state index < -0.39 is 34.7 Å². The quantitative estimate of drug-likeness (QED) is 0.158. The van der Waals surface area contributed by atoms with Crippen molar-refractivity contribution in [1.82, 2.24) is 0 Å². The van der Waals surface area contributed by atoms with Gasteiger partial charge in [-0.25, -0.2) is 9.59 Å². The molecule has 2 aromatic rings. The van der Waals surface area contributed by atoms with Crippen molar-refractivity contribution in [2.75, 3.05) is 26.4 Å². The topological polar surface area (TPSA) is 146 Å². The van der Waals surface area contributed by atoms with E-state index in [0.717, 1.165) is 6.08 Å². The first-order valence-corrected chi connectivity index (χ1v) is 12.2. The van der Waals surface area contributed by atoms with E-state index in [1.807, 2.05) is 0 Å². The minimum Gasteiger partial charge on any atom is -0.490 e.